The van der Waals surface area contributed by atoms with Gasteiger partial charge in [0.1, 0.15) is 11.3 Å². The predicted octanol–water partition coefficient (Wildman–Crippen LogP) is 7.86. The standard InChI is InChI=1S/C25H29F3N6O2.C4H8.C2H6.HI.2H2/c1-13(2)34-23-14(11-29-25(32-23)31-15-5-7-16(8-6-15)33(3)4)9-18(24(34)36)17-10-19(26)22(30-12-35)21(28)20(17)27;1-4-2-3-4;1-2;;;/h9-13,15-16H,5-8H2,1-4H3,(H,30,35)(H,29,31,32);4H,2-3H2,1H3;1-2H3;3*1H. The van der Waals surface area contributed by atoms with Crippen LogP contribution in [0, 0.1) is 23.4 Å². The fraction of sp³-hybridized carbons (Fsp3) is 0.548. The Morgan fingerprint density at radius 2 is 1.63 bits per heavy atom. The largest absolute Gasteiger partial charge is 0.351 e. The molecule has 1 amide bonds. The second-order valence-electron chi connectivity index (χ2n) is 11.3. The van der Waals surface area contributed by atoms with Crippen LogP contribution >= 0.6 is 24.0 Å². The van der Waals surface area contributed by atoms with Gasteiger partial charge in [-0.25, -0.2) is 18.2 Å². The second kappa shape index (κ2) is 16.4. The Balaban J connectivity index is 0.00000196. The summed E-state index contributed by atoms with van der Waals surface area (Å²) in [5.74, 6) is -2.77. The van der Waals surface area contributed by atoms with Crippen LogP contribution in [-0.4, -0.2) is 52.0 Å². The molecule has 2 fully saturated rings. The third-order valence-electron chi connectivity index (χ3n) is 7.57. The first-order chi connectivity index (χ1) is 20.0. The minimum atomic E-state index is -1.59. The van der Waals surface area contributed by atoms with Gasteiger partial charge in [-0.2, -0.15) is 4.98 Å². The summed E-state index contributed by atoms with van der Waals surface area (Å²) in [6, 6.07) is 2.39. The number of aromatic nitrogens is 3. The summed E-state index contributed by atoms with van der Waals surface area (Å²) in [6.07, 6.45) is 8.55. The van der Waals surface area contributed by atoms with E-state index in [0.29, 0.717) is 29.1 Å². The van der Waals surface area contributed by atoms with E-state index < -0.39 is 34.3 Å². The average molecular weight is 721 g/mol. The van der Waals surface area contributed by atoms with Gasteiger partial charge in [0.15, 0.2) is 17.5 Å². The van der Waals surface area contributed by atoms with Crippen LogP contribution < -0.4 is 16.2 Å². The summed E-state index contributed by atoms with van der Waals surface area (Å²) in [6.45, 7) is 9.80. The third kappa shape index (κ3) is 8.90. The monoisotopic (exact) mass is 720 g/mol. The molecule has 0 unspecified atom stereocenters. The van der Waals surface area contributed by atoms with Gasteiger partial charge in [0.25, 0.3) is 5.56 Å². The van der Waals surface area contributed by atoms with Crippen molar-refractivity contribution in [1.82, 2.24) is 19.4 Å². The maximum atomic E-state index is 14.9. The van der Waals surface area contributed by atoms with Gasteiger partial charge in [0, 0.05) is 38.1 Å². The van der Waals surface area contributed by atoms with E-state index in [1.807, 2.05) is 13.8 Å². The Morgan fingerprint density at radius 1 is 1.02 bits per heavy atom. The van der Waals surface area contributed by atoms with Crippen molar-refractivity contribution in [3.63, 3.8) is 0 Å². The molecule has 12 heteroatoms. The molecule has 3 aromatic rings. The lowest BCUT2D eigenvalue weighted by Crippen LogP contribution is -2.36. The normalized spacial score (nSPS) is 17.8. The molecule has 2 aromatic heterocycles. The van der Waals surface area contributed by atoms with Crippen molar-refractivity contribution >= 4 is 53.1 Å². The zero-order chi connectivity index (χ0) is 31.1. The van der Waals surface area contributed by atoms with E-state index in [0.717, 1.165) is 31.6 Å². The number of carbonyl (C=O) groups is 1. The summed E-state index contributed by atoms with van der Waals surface area (Å²) in [5.41, 5.74) is -2.03. The molecular formula is C31H48F3IN6O2. The molecule has 0 saturated heterocycles. The van der Waals surface area contributed by atoms with E-state index in [1.165, 1.54) is 29.7 Å². The number of anilines is 2. The highest BCUT2D eigenvalue weighted by Gasteiger charge is 2.25. The van der Waals surface area contributed by atoms with Crippen LogP contribution in [0.4, 0.5) is 24.8 Å². The van der Waals surface area contributed by atoms with Gasteiger partial charge in [0.05, 0.1) is 5.56 Å². The maximum Gasteiger partial charge on any atom is 0.260 e. The Kier molecular flexibility index (Phi) is 13.9. The van der Waals surface area contributed by atoms with Crippen molar-refractivity contribution < 1.29 is 20.8 Å². The minimum absolute atomic E-state index is 0. The van der Waals surface area contributed by atoms with Gasteiger partial charge in [-0.15, -0.1) is 24.0 Å². The number of amides is 1. The van der Waals surface area contributed by atoms with Crippen molar-refractivity contribution in [3.05, 3.63) is 46.1 Å². The van der Waals surface area contributed by atoms with Gasteiger partial charge >= 0.3 is 0 Å². The lowest BCUT2D eigenvalue weighted by atomic mass is 9.91. The number of hydrogen-bond donors (Lipinski definition) is 2. The van der Waals surface area contributed by atoms with Gasteiger partial charge < -0.3 is 15.5 Å². The van der Waals surface area contributed by atoms with E-state index >= 15 is 0 Å². The van der Waals surface area contributed by atoms with Gasteiger partial charge in [-0.3, -0.25) is 14.2 Å². The summed E-state index contributed by atoms with van der Waals surface area (Å²) in [7, 11) is 4.16. The molecule has 0 radical (unpaired) electrons. The SMILES string of the molecule is CC.CC(C)n1c(=O)c(-c2cc(F)c(NC=O)c(F)c2F)cc2cnc(NC3CCC(N(C)C)CC3)nc21.CC1CC1.I.[HH].[HH]. The molecule has 2 aliphatic rings. The second-order valence-corrected chi connectivity index (χ2v) is 11.3. The van der Waals surface area contributed by atoms with Crippen molar-refractivity contribution in [2.45, 2.75) is 91.3 Å². The Hall–Kier alpha value is -2.74. The average Bonchev–Trinajstić information content (AvgIpc) is 3.76. The van der Waals surface area contributed by atoms with Crippen LogP contribution in [0.1, 0.15) is 82.0 Å². The fourth-order valence-corrected chi connectivity index (χ4v) is 4.93. The van der Waals surface area contributed by atoms with Crippen molar-refractivity contribution in [2.75, 3.05) is 24.7 Å². The zero-order valence-corrected chi connectivity index (χ0v) is 28.3. The molecule has 43 heavy (non-hydrogen) atoms. The molecule has 5 rings (SSSR count). The summed E-state index contributed by atoms with van der Waals surface area (Å²) in [5, 5.41) is 5.57. The molecule has 8 nitrogen and oxygen atoms in total. The molecule has 242 valence electrons. The molecule has 1 aromatic carbocycles. The Labute approximate surface area is 271 Å². The van der Waals surface area contributed by atoms with Crippen molar-refractivity contribution in [2.24, 2.45) is 5.92 Å². The Bertz CT molecular complexity index is 1450. The van der Waals surface area contributed by atoms with Crippen LogP contribution in [0.25, 0.3) is 22.2 Å². The summed E-state index contributed by atoms with van der Waals surface area (Å²) < 4.78 is 45.1. The number of fused-ring (bicyclic) bond motifs is 1. The molecule has 2 heterocycles. The molecule has 0 atom stereocenters. The third-order valence-corrected chi connectivity index (χ3v) is 7.57. The first-order valence-electron chi connectivity index (χ1n) is 14.7. The van der Waals surface area contributed by atoms with Gasteiger partial charge in [-0.1, -0.05) is 33.6 Å². The van der Waals surface area contributed by atoms with E-state index in [9.17, 15) is 22.8 Å². The number of pyridine rings is 1. The number of nitrogens with one attached hydrogen (secondary N) is 2. The maximum absolute atomic E-state index is 14.9. The van der Waals surface area contributed by atoms with Crippen LogP contribution in [0.3, 0.4) is 0 Å². The molecule has 0 bridgehead atoms. The van der Waals surface area contributed by atoms with Crippen LogP contribution in [0.5, 0.6) is 0 Å². The highest BCUT2D eigenvalue weighted by Crippen LogP contribution is 2.32. The number of hydrogen-bond acceptors (Lipinski definition) is 6. The van der Waals surface area contributed by atoms with E-state index in [-0.39, 0.29) is 50.9 Å². The van der Waals surface area contributed by atoms with Crippen LogP contribution in [0.15, 0.2) is 23.1 Å². The number of halogens is 4. The van der Waals surface area contributed by atoms with E-state index in [2.05, 4.69) is 41.2 Å². The predicted molar refractivity (Wildman–Crippen MR) is 182 cm³/mol. The topological polar surface area (TPSA) is 92.1 Å². The van der Waals surface area contributed by atoms with Crippen molar-refractivity contribution in [1.29, 1.82) is 0 Å². The smallest absolute Gasteiger partial charge is 0.260 e. The van der Waals surface area contributed by atoms with Crippen LogP contribution in [0.2, 0.25) is 0 Å². The lowest BCUT2D eigenvalue weighted by molar-refractivity contribution is -0.105. The summed E-state index contributed by atoms with van der Waals surface area (Å²) in [4.78, 5) is 35.2. The quantitative estimate of drug-likeness (QED) is 0.147. The Morgan fingerprint density at radius 3 is 2.14 bits per heavy atom. The van der Waals surface area contributed by atoms with Gasteiger partial charge in [0.2, 0.25) is 12.4 Å². The number of carbonyl (C=O) groups excluding carboxylic acids is 1. The van der Waals surface area contributed by atoms with Crippen molar-refractivity contribution in [3.8, 4) is 11.1 Å². The molecule has 2 aliphatic carbocycles. The highest BCUT2D eigenvalue weighted by molar-refractivity contribution is 14.0. The minimum Gasteiger partial charge on any atom is -0.351 e. The molecule has 2 N–H and O–H groups in total. The number of benzene rings is 1. The lowest BCUT2D eigenvalue weighted by Gasteiger charge is -2.33. The first kappa shape index (κ1) is 36.5. The number of nitrogens with zero attached hydrogens (tertiary/aromatic N) is 4. The molecule has 0 aliphatic heterocycles. The van der Waals surface area contributed by atoms with Crippen LogP contribution in [-0.2, 0) is 4.79 Å². The first-order valence-corrected chi connectivity index (χ1v) is 14.7. The molecule has 0 spiro atoms. The molecule has 2 saturated carbocycles. The fourth-order valence-electron chi connectivity index (χ4n) is 4.93. The zero-order valence-electron chi connectivity index (χ0n) is 26.0. The highest BCUT2D eigenvalue weighted by atomic mass is 127. The van der Waals surface area contributed by atoms with Gasteiger partial charge in [-0.05, 0) is 71.7 Å². The van der Waals surface area contributed by atoms with E-state index in [1.54, 1.807) is 19.2 Å². The summed E-state index contributed by atoms with van der Waals surface area (Å²) >= 11 is 0. The van der Waals surface area contributed by atoms with E-state index in [4.69, 9.17) is 0 Å². The number of rotatable bonds is 7. The molecular weight excluding hydrogens is 672 g/mol.